The van der Waals surface area contributed by atoms with Gasteiger partial charge in [0, 0.05) is 5.75 Å². The van der Waals surface area contributed by atoms with Gasteiger partial charge in [0.15, 0.2) is 5.17 Å². The minimum Gasteiger partial charge on any atom is -0.344 e. The highest BCUT2D eigenvalue weighted by Crippen LogP contribution is 2.42. The fourth-order valence-electron chi connectivity index (χ4n) is 1.37. The maximum absolute atomic E-state index is 4.42. The molecule has 1 aliphatic heterocycles. The van der Waals surface area contributed by atoms with Crippen LogP contribution in [0.1, 0.15) is 27.7 Å². The van der Waals surface area contributed by atoms with Crippen molar-refractivity contribution in [2.75, 3.05) is 12.3 Å². The number of nitrogens with zero attached hydrogens (tertiary/aromatic N) is 1. The van der Waals surface area contributed by atoms with E-state index in [-0.39, 0.29) is 8.07 Å². The Labute approximate surface area is 86.8 Å². The third-order valence-corrected chi connectivity index (χ3v) is 5.66. The minimum atomic E-state index is -0.0913. The van der Waals surface area contributed by atoms with E-state index in [1.807, 2.05) is 11.8 Å². The SMILES string of the molecule is CC(C)P(NC1=NCCS1)C(C)C. The van der Waals surface area contributed by atoms with Crippen LogP contribution < -0.4 is 5.09 Å². The molecule has 1 N–H and O–H groups in total. The summed E-state index contributed by atoms with van der Waals surface area (Å²) in [6, 6.07) is 0. The molecule has 0 atom stereocenters. The van der Waals surface area contributed by atoms with Gasteiger partial charge in [-0.2, -0.15) is 0 Å². The van der Waals surface area contributed by atoms with Gasteiger partial charge in [-0.25, -0.2) is 0 Å². The van der Waals surface area contributed by atoms with Gasteiger partial charge in [0.05, 0.1) is 6.54 Å². The molecule has 1 rings (SSSR count). The third kappa shape index (κ3) is 3.47. The molecule has 0 aromatic carbocycles. The van der Waals surface area contributed by atoms with Crippen LogP contribution in [0.25, 0.3) is 0 Å². The predicted octanol–water partition coefficient (Wildman–Crippen LogP) is 2.89. The van der Waals surface area contributed by atoms with Crippen LogP contribution in [0.4, 0.5) is 0 Å². The summed E-state index contributed by atoms with van der Waals surface area (Å²) in [5.74, 6) is 1.15. The van der Waals surface area contributed by atoms with Crippen LogP contribution in [-0.2, 0) is 0 Å². The van der Waals surface area contributed by atoms with Crippen molar-refractivity contribution < 1.29 is 0 Å². The maximum atomic E-state index is 4.42. The molecule has 1 heterocycles. The van der Waals surface area contributed by atoms with Gasteiger partial charge in [-0.15, -0.1) is 0 Å². The van der Waals surface area contributed by atoms with Crippen molar-refractivity contribution in [3.8, 4) is 0 Å². The van der Waals surface area contributed by atoms with E-state index in [0.717, 1.165) is 23.6 Å². The van der Waals surface area contributed by atoms with E-state index in [4.69, 9.17) is 0 Å². The zero-order valence-electron chi connectivity index (χ0n) is 8.87. The lowest BCUT2D eigenvalue weighted by Gasteiger charge is -2.26. The molecule has 0 aromatic rings. The number of hydrogen-bond donors (Lipinski definition) is 1. The molecule has 0 spiro atoms. The molecule has 4 heteroatoms. The highest BCUT2D eigenvalue weighted by atomic mass is 32.2. The summed E-state index contributed by atoms with van der Waals surface area (Å²) in [6.45, 7) is 10.2. The average Bonchev–Trinajstić information content (AvgIpc) is 2.50. The smallest absolute Gasteiger partial charge is 0.159 e. The molecule has 0 amide bonds. The molecular formula is C9H19N2PS. The Morgan fingerprint density at radius 1 is 1.31 bits per heavy atom. The fraction of sp³-hybridized carbons (Fsp3) is 0.889. The van der Waals surface area contributed by atoms with Gasteiger partial charge in [-0.1, -0.05) is 39.5 Å². The van der Waals surface area contributed by atoms with Gasteiger partial charge < -0.3 is 5.09 Å². The van der Waals surface area contributed by atoms with Crippen LogP contribution in [-0.4, -0.2) is 28.8 Å². The molecular weight excluding hydrogens is 199 g/mol. The number of hydrogen-bond acceptors (Lipinski definition) is 3. The normalized spacial score (nSPS) is 17.3. The van der Waals surface area contributed by atoms with E-state index < -0.39 is 0 Å². The summed E-state index contributed by atoms with van der Waals surface area (Å²) >= 11 is 1.86. The molecule has 76 valence electrons. The number of nitrogens with one attached hydrogen (secondary N) is 1. The number of aliphatic imine (C=N–C) groups is 1. The standard InChI is InChI=1S/C9H19N2PS/c1-7(2)12(8(3)4)11-9-10-5-6-13-9/h7-8H,5-6H2,1-4H3,(H,10,11). The Balaban J connectivity index is 2.46. The van der Waals surface area contributed by atoms with Crippen LogP contribution in [0, 0.1) is 0 Å². The van der Waals surface area contributed by atoms with E-state index in [1.54, 1.807) is 0 Å². The monoisotopic (exact) mass is 218 g/mol. The quantitative estimate of drug-likeness (QED) is 0.737. The average molecular weight is 218 g/mol. The largest absolute Gasteiger partial charge is 0.344 e. The third-order valence-electron chi connectivity index (χ3n) is 1.92. The van der Waals surface area contributed by atoms with Gasteiger partial charge in [-0.05, 0) is 19.4 Å². The molecule has 0 saturated carbocycles. The van der Waals surface area contributed by atoms with Crippen LogP contribution in [0.5, 0.6) is 0 Å². The van der Waals surface area contributed by atoms with Gasteiger partial charge in [-0.3, -0.25) is 4.99 Å². The summed E-state index contributed by atoms with van der Waals surface area (Å²) in [4.78, 5) is 4.42. The van der Waals surface area contributed by atoms with E-state index in [1.165, 1.54) is 5.17 Å². The Morgan fingerprint density at radius 2 is 1.92 bits per heavy atom. The van der Waals surface area contributed by atoms with Crippen molar-refractivity contribution in [2.24, 2.45) is 4.99 Å². The second kappa shape index (κ2) is 5.21. The van der Waals surface area contributed by atoms with Crippen LogP contribution in [0.3, 0.4) is 0 Å². The number of thioether (sulfide) groups is 1. The molecule has 0 fully saturated rings. The first-order valence-corrected chi connectivity index (χ1v) is 7.30. The zero-order chi connectivity index (χ0) is 9.84. The lowest BCUT2D eigenvalue weighted by atomic mass is 10.5. The van der Waals surface area contributed by atoms with Crippen molar-refractivity contribution in [3.63, 3.8) is 0 Å². The molecule has 0 bridgehead atoms. The second-order valence-electron chi connectivity index (χ2n) is 3.74. The summed E-state index contributed by atoms with van der Waals surface area (Å²) < 4.78 is 0. The van der Waals surface area contributed by atoms with E-state index in [9.17, 15) is 0 Å². The second-order valence-corrected chi connectivity index (χ2v) is 7.93. The first-order valence-electron chi connectivity index (χ1n) is 4.83. The first kappa shape index (κ1) is 11.3. The molecule has 0 aliphatic carbocycles. The molecule has 0 radical (unpaired) electrons. The van der Waals surface area contributed by atoms with Crippen molar-refractivity contribution in [2.45, 2.75) is 39.0 Å². The minimum absolute atomic E-state index is 0.0913. The van der Waals surface area contributed by atoms with Crippen LogP contribution in [0.2, 0.25) is 0 Å². The Hall–Kier alpha value is 0.250. The van der Waals surface area contributed by atoms with E-state index >= 15 is 0 Å². The Morgan fingerprint density at radius 3 is 2.31 bits per heavy atom. The highest BCUT2D eigenvalue weighted by molar-refractivity contribution is 8.14. The van der Waals surface area contributed by atoms with Crippen molar-refractivity contribution >= 4 is 25.0 Å². The Bertz CT molecular complexity index is 184. The predicted molar refractivity (Wildman–Crippen MR) is 65.1 cm³/mol. The lowest BCUT2D eigenvalue weighted by molar-refractivity contribution is 0.991. The summed E-state index contributed by atoms with van der Waals surface area (Å²) in [6.07, 6.45) is 0. The molecule has 2 nitrogen and oxygen atoms in total. The van der Waals surface area contributed by atoms with Crippen LogP contribution in [0.15, 0.2) is 4.99 Å². The molecule has 0 saturated heterocycles. The summed E-state index contributed by atoms with van der Waals surface area (Å²) in [5, 5.41) is 4.77. The van der Waals surface area contributed by atoms with Gasteiger partial charge in [0.1, 0.15) is 0 Å². The van der Waals surface area contributed by atoms with E-state index in [0.29, 0.717) is 0 Å². The fourth-order valence-corrected chi connectivity index (χ4v) is 4.50. The lowest BCUT2D eigenvalue weighted by Crippen LogP contribution is -2.21. The maximum Gasteiger partial charge on any atom is 0.159 e. The van der Waals surface area contributed by atoms with E-state index in [2.05, 4.69) is 37.8 Å². The van der Waals surface area contributed by atoms with Gasteiger partial charge >= 0.3 is 0 Å². The van der Waals surface area contributed by atoms with Crippen molar-refractivity contribution in [1.29, 1.82) is 0 Å². The Kier molecular flexibility index (Phi) is 4.54. The van der Waals surface area contributed by atoms with Gasteiger partial charge in [0.25, 0.3) is 0 Å². The first-order chi connectivity index (χ1) is 6.11. The molecule has 0 unspecified atom stereocenters. The van der Waals surface area contributed by atoms with Crippen molar-refractivity contribution in [1.82, 2.24) is 5.09 Å². The van der Waals surface area contributed by atoms with Gasteiger partial charge in [0.2, 0.25) is 0 Å². The topological polar surface area (TPSA) is 24.4 Å². The molecule has 0 aromatic heterocycles. The molecule has 1 aliphatic rings. The number of rotatable bonds is 3. The van der Waals surface area contributed by atoms with Crippen LogP contribution >= 0.6 is 19.8 Å². The highest BCUT2D eigenvalue weighted by Gasteiger charge is 2.19. The summed E-state index contributed by atoms with van der Waals surface area (Å²) in [5.41, 5.74) is 1.47. The summed E-state index contributed by atoms with van der Waals surface area (Å²) in [7, 11) is -0.0913. The van der Waals surface area contributed by atoms with Crippen molar-refractivity contribution in [3.05, 3.63) is 0 Å². The molecule has 13 heavy (non-hydrogen) atoms. The number of amidine groups is 1. The zero-order valence-corrected chi connectivity index (χ0v) is 10.6.